The third kappa shape index (κ3) is 9.61. The summed E-state index contributed by atoms with van der Waals surface area (Å²) in [5, 5.41) is 5.92. The van der Waals surface area contributed by atoms with Gasteiger partial charge in [-0.1, -0.05) is 79.0 Å². The van der Waals surface area contributed by atoms with Crippen LogP contribution in [0.5, 0.6) is 5.75 Å². The second-order valence-corrected chi connectivity index (χ2v) is 11.5. The van der Waals surface area contributed by atoms with Crippen LogP contribution < -0.4 is 15.4 Å². The van der Waals surface area contributed by atoms with E-state index in [1.807, 2.05) is 0 Å². The van der Waals surface area contributed by atoms with Gasteiger partial charge < -0.3 is 15.4 Å². The van der Waals surface area contributed by atoms with E-state index in [1.165, 1.54) is 21.0 Å². The molecule has 0 saturated carbocycles. The molecule has 0 aromatic heterocycles. The number of carbonyl (C=O) groups excluding carboxylic acids is 3. The molecule has 0 bridgehead atoms. The van der Waals surface area contributed by atoms with E-state index in [0.29, 0.717) is 26.9 Å². The summed E-state index contributed by atoms with van der Waals surface area (Å²) in [5.74, 6) is -4.37. The largest absolute Gasteiger partial charge is 0.497 e. The Morgan fingerprint density at radius 3 is 1.98 bits per heavy atom. The second kappa shape index (κ2) is 14.9. The maximum Gasteiger partial charge on any atom is 0.452 e. The molecule has 0 aliphatic carbocycles. The summed E-state index contributed by atoms with van der Waals surface area (Å²) in [4.78, 5) is 38.9. The Bertz CT molecular complexity index is 1430. The number of nitrogens with one attached hydrogen (secondary N) is 2. The van der Waals surface area contributed by atoms with Crippen LogP contribution >= 0.6 is 34.8 Å². The zero-order valence-corrected chi connectivity index (χ0v) is 25.7. The smallest absolute Gasteiger partial charge is 0.452 e. The van der Waals surface area contributed by atoms with E-state index in [4.69, 9.17) is 39.5 Å². The third-order valence-electron chi connectivity index (χ3n) is 6.78. The number of hydrogen-bond donors (Lipinski definition) is 2. The van der Waals surface area contributed by atoms with Crippen LogP contribution in [0, 0.1) is 5.92 Å². The Balaban J connectivity index is 1.92. The number of ketones is 1. The van der Waals surface area contributed by atoms with Crippen LogP contribution in [-0.2, 0) is 20.8 Å². The van der Waals surface area contributed by atoms with E-state index in [2.05, 4.69) is 10.6 Å². The van der Waals surface area contributed by atoms with Gasteiger partial charge in [-0.05, 0) is 59.0 Å². The zero-order valence-electron chi connectivity index (χ0n) is 23.5. The quantitative estimate of drug-likeness (QED) is 0.216. The monoisotopic (exact) mass is 656 g/mol. The number of carbonyl (C=O) groups is 3. The first-order valence-corrected chi connectivity index (χ1v) is 14.4. The molecule has 0 aliphatic rings. The van der Waals surface area contributed by atoms with E-state index in [-0.39, 0.29) is 17.9 Å². The highest BCUT2D eigenvalue weighted by molar-refractivity contribution is 6.42. The SMILES string of the molecule is COc1ccc([C@H](CC(=O)N[C@@H](Cc2ccc(Cl)cc2)C(=O)N[C@H](C(=O)C(F)(F)F)C(C)C)c2ccc(Cl)c(Cl)c2)cc1. The molecular weight excluding hydrogens is 628 g/mol. The Morgan fingerprint density at radius 1 is 0.837 bits per heavy atom. The topological polar surface area (TPSA) is 84.5 Å². The van der Waals surface area contributed by atoms with Crippen LogP contribution in [0.2, 0.25) is 15.1 Å². The van der Waals surface area contributed by atoms with Crippen molar-refractivity contribution in [2.24, 2.45) is 5.92 Å². The predicted octanol–water partition coefficient (Wildman–Crippen LogP) is 7.18. The molecule has 0 saturated heterocycles. The molecule has 43 heavy (non-hydrogen) atoms. The first-order valence-electron chi connectivity index (χ1n) is 13.2. The summed E-state index contributed by atoms with van der Waals surface area (Å²) in [6.07, 6.45) is -5.37. The summed E-state index contributed by atoms with van der Waals surface area (Å²) in [5.41, 5.74) is 2.00. The third-order valence-corrected chi connectivity index (χ3v) is 7.78. The van der Waals surface area contributed by atoms with Gasteiger partial charge in [0.25, 0.3) is 5.78 Å². The number of benzene rings is 3. The Morgan fingerprint density at radius 2 is 1.44 bits per heavy atom. The van der Waals surface area contributed by atoms with Gasteiger partial charge in [-0.25, -0.2) is 0 Å². The molecule has 0 unspecified atom stereocenters. The first-order chi connectivity index (χ1) is 20.2. The number of halogens is 6. The average Bonchev–Trinajstić information content (AvgIpc) is 2.96. The minimum Gasteiger partial charge on any atom is -0.497 e. The van der Waals surface area contributed by atoms with Crippen molar-refractivity contribution in [3.8, 4) is 5.75 Å². The Labute approximate surface area is 262 Å². The lowest BCUT2D eigenvalue weighted by Gasteiger charge is -2.26. The Kier molecular flexibility index (Phi) is 11.9. The Hall–Kier alpha value is -3.27. The van der Waals surface area contributed by atoms with Crippen LogP contribution in [0.1, 0.15) is 42.9 Å². The number of hydrogen-bond acceptors (Lipinski definition) is 4. The highest BCUT2D eigenvalue weighted by Gasteiger charge is 2.45. The van der Waals surface area contributed by atoms with Crippen molar-refractivity contribution >= 4 is 52.4 Å². The summed E-state index contributed by atoms with van der Waals surface area (Å²) in [6, 6.07) is 15.3. The molecule has 0 fully saturated rings. The highest BCUT2D eigenvalue weighted by Crippen LogP contribution is 2.33. The van der Waals surface area contributed by atoms with Crippen molar-refractivity contribution in [2.45, 2.75) is 50.9 Å². The van der Waals surface area contributed by atoms with E-state index in [1.54, 1.807) is 66.7 Å². The molecule has 0 radical (unpaired) electrons. The number of rotatable bonds is 12. The van der Waals surface area contributed by atoms with E-state index >= 15 is 0 Å². The number of Topliss-reactive ketones (excluding diaryl/α,β-unsaturated/α-hetero) is 1. The fraction of sp³-hybridized carbons (Fsp3) is 0.323. The second-order valence-electron chi connectivity index (χ2n) is 10.2. The molecule has 12 heteroatoms. The first kappa shape index (κ1) is 34.2. The van der Waals surface area contributed by atoms with Gasteiger partial charge in [0, 0.05) is 23.8 Å². The number of alkyl halides is 3. The lowest BCUT2D eigenvalue weighted by atomic mass is 9.88. The molecule has 3 aromatic rings. The van der Waals surface area contributed by atoms with Crippen molar-refractivity contribution in [3.05, 3.63) is 98.5 Å². The van der Waals surface area contributed by atoms with Gasteiger partial charge in [-0.15, -0.1) is 0 Å². The molecule has 0 spiro atoms. The van der Waals surface area contributed by atoms with Gasteiger partial charge in [-0.3, -0.25) is 14.4 Å². The molecule has 230 valence electrons. The van der Waals surface area contributed by atoms with Crippen molar-refractivity contribution < 1.29 is 32.3 Å². The molecular formula is C31H30Cl3F3N2O4. The standard InChI is InChI=1S/C31H30Cl3F3N2O4/c1-17(2)28(29(41)31(35,36)37)39-30(42)26(14-18-4-9-21(32)10-5-18)38-27(40)16-23(19-6-11-22(43-3)12-7-19)20-8-13-24(33)25(34)15-20/h4-13,15,17,23,26,28H,14,16H2,1-3H3,(H,38,40)(H,39,42)/t23-,26-,28-/m0/s1. The normalized spacial score (nSPS) is 13.6. The predicted molar refractivity (Wildman–Crippen MR) is 161 cm³/mol. The highest BCUT2D eigenvalue weighted by atomic mass is 35.5. The number of methoxy groups -OCH3 is 1. The summed E-state index contributed by atoms with van der Waals surface area (Å²) >= 11 is 18.3. The molecule has 3 rings (SSSR count). The lowest BCUT2D eigenvalue weighted by molar-refractivity contribution is -0.175. The molecule has 2 amide bonds. The zero-order chi connectivity index (χ0) is 31.9. The fourth-order valence-electron chi connectivity index (χ4n) is 4.46. The van der Waals surface area contributed by atoms with Crippen LogP contribution in [0.15, 0.2) is 66.7 Å². The van der Waals surface area contributed by atoms with Crippen molar-refractivity contribution in [1.82, 2.24) is 10.6 Å². The number of amides is 2. The molecule has 0 aliphatic heterocycles. The van der Waals surface area contributed by atoms with E-state index in [0.717, 1.165) is 5.56 Å². The average molecular weight is 658 g/mol. The van der Waals surface area contributed by atoms with Crippen molar-refractivity contribution in [1.29, 1.82) is 0 Å². The van der Waals surface area contributed by atoms with Crippen LogP contribution in [0.3, 0.4) is 0 Å². The van der Waals surface area contributed by atoms with Crippen molar-refractivity contribution in [3.63, 3.8) is 0 Å². The minimum absolute atomic E-state index is 0.0697. The van der Waals surface area contributed by atoms with Gasteiger partial charge in [0.1, 0.15) is 11.8 Å². The molecule has 3 atom stereocenters. The number of ether oxygens (including phenoxy) is 1. The maximum absolute atomic E-state index is 13.5. The van der Waals surface area contributed by atoms with Crippen LogP contribution in [0.25, 0.3) is 0 Å². The summed E-state index contributed by atoms with van der Waals surface area (Å²) in [7, 11) is 1.52. The van der Waals surface area contributed by atoms with Gasteiger partial charge in [0.15, 0.2) is 0 Å². The van der Waals surface area contributed by atoms with Gasteiger partial charge in [0.05, 0.1) is 23.2 Å². The molecule has 3 aromatic carbocycles. The van der Waals surface area contributed by atoms with Crippen molar-refractivity contribution in [2.75, 3.05) is 7.11 Å². The van der Waals surface area contributed by atoms with Gasteiger partial charge in [0.2, 0.25) is 11.8 Å². The summed E-state index contributed by atoms with van der Waals surface area (Å²) in [6.45, 7) is 2.77. The minimum atomic E-state index is -5.15. The van der Waals surface area contributed by atoms with Crippen LogP contribution in [-0.4, -0.2) is 43.0 Å². The molecule has 2 N–H and O–H groups in total. The van der Waals surface area contributed by atoms with Gasteiger partial charge >= 0.3 is 6.18 Å². The fourth-order valence-corrected chi connectivity index (χ4v) is 4.90. The lowest BCUT2D eigenvalue weighted by Crippen LogP contribution is -2.56. The van der Waals surface area contributed by atoms with E-state index < -0.39 is 47.7 Å². The molecule has 0 heterocycles. The van der Waals surface area contributed by atoms with Crippen LogP contribution in [0.4, 0.5) is 13.2 Å². The summed E-state index contributed by atoms with van der Waals surface area (Å²) < 4.78 is 45.0. The molecule has 6 nitrogen and oxygen atoms in total. The van der Waals surface area contributed by atoms with Gasteiger partial charge in [-0.2, -0.15) is 13.2 Å². The van der Waals surface area contributed by atoms with E-state index in [9.17, 15) is 27.6 Å². The maximum atomic E-state index is 13.5.